The first kappa shape index (κ1) is 16.0. The van der Waals surface area contributed by atoms with E-state index in [1.54, 1.807) is 7.11 Å². The molecule has 19 heavy (non-hydrogen) atoms. The van der Waals surface area contributed by atoms with Crippen molar-refractivity contribution in [3.63, 3.8) is 0 Å². The molecule has 0 saturated heterocycles. The summed E-state index contributed by atoms with van der Waals surface area (Å²) in [6.07, 6.45) is 1.40. The highest BCUT2D eigenvalue weighted by molar-refractivity contribution is 5.29. The van der Waals surface area contributed by atoms with Gasteiger partial charge in [-0.25, -0.2) is 0 Å². The van der Waals surface area contributed by atoms with E-state index in [0.717, 1.165) is 12.2 Å². The molecule has 2 unspecified atom stereocenters. The summed E-state index contributed by atoms with van der Waals surface area (Å²) in [6.45, 7) is 7.27. The molecular weight excluding hydrogens is 238 g/mol. The SMILES string of the molecule is CNC(COC(C)CC(C)C)c1ccc(OC)cc1. The Kier molecular flexibility index (Phi) is 6.89. The van der Waals surface area contributed by atoms with Crippen LogP contribution in [0, 0.1) is 5.92 Å². The van der Waals surface area contributed by atoms with Crippen molar-refractivity contribution >= 4 is 0 Å². The van der Waals surface area contributed by atoms with E-state index in [4.69, 9.17) is 9.47 Å². The Morgan fingerprint density at radius 1 is 1.11 bits per heavy atom. The van der Waals surface area contributed by atoms with Crippen molar-refractivity contribution in [3.05, 3.63) is 29.8 Å². The molecule has 0 aromatic heterocycles. The Balaban J connectivity index is 2.52. The average molecular weight is 265 g/mol. The summed E-state index contributed by atoms with van der Waals surface area (Å²) in [6, 6.07) is 8.35. The quantitative estimate of drug-likeness (QED) is 0.781. The van der Waals surface area contributed by atoms with Gasteiger partial charge in [-0.05, 0) is 44.0 Å². The number of likely N-dealkylation sites (N-methyl/N-ethyl adjacent to an activating group) is 1. The molecule has 0 aliphatic carbocycles. The minimum Gasteiger partial charge on any atom is -0.497 e. The maximum Gasteiger partial charge on any atom is 0.118 e. The fourth-order valence-electron chi connectivity index (χ4n) is 2.17. The normalized spacial score (nSPS) is 14.4. The smallest absolute Gasteiger partial charge is 0.118 e. The van der Waals surface area contributed by atoms with Crippen LogP contribution in [0.4, 0.5) is 0 Å². The van der Waals surface area contributed by atoms with Crippen LogP contribution in [-0.4, -0.2) is 26.9 Å². The van der Waals surface area contributed by atoms with Gasteiger partial charge in [0, 0.05) is 0 Å². The molecule has 0 radical (unpaired) electrons. The first-order valence-corrected chi connectivity index (χ1v) is 6.99. The number of hydrogen-bond donors (Lipinski definition) is 1. The summed E-state index contributed by atoms with van der Waals surface area (Å²) in [5.74, 6) is 1.55. The van der Waals surface area contributed by atoms with Crippen LogP contribution in [0.2, 0.25) is 0 Å². The Morgan fingerprint density at radius 2 is 1.74 bits per heavy atom. The van der Waals surface area contributed by atoms with Crippen molar-refractivity contribution in [2.24, 2.45) is 5.92 Å². The van der Waals surface area contributed by atoms with E-state index in [0.29, 0.717) is 18.6 Å². The summed E-state index contributed by atoms with van der Waals surface area (Å²) < 4.78 is 11.1. The van der Waals surface area contributed by atoms with Crippen LogP contribution in [0.25, 0.3) is 0 Å². The van der Waals surface area contributed by atoms with Crippen molar-refractivity contribution in [2.45, 2.75) is 39.3 Å². The number of methoxy groups -OCH3 is 1. The minimum absolute atomic E-state index is 0.223. The standard InChI is InChI=1S/C16H27NO2/c1-12(2)10-13(3)19-11-16(17-4)14-6-8-15(18-5)9-7-14/h6-9,12-13,16-17H,10-11H2,1-5H3. The van der Waals surface area contributed by atoms with E-state index in [2.05, 4.69) is 38.2 Å². The molecule has 2 atom stereocenters. The molecular formula is C16H27NO2. The third-order valence-corrected chi connectivity index (χ3v) is 3.22. The van der Waals surface area contributed by atoms with Gasteiger partial charge in [-0.3, -0.25) is 0 Å². The molecule has 1 aromatic carbocycles. The fourth-order valence-corrected chi connectivity index (χ4v) is 2.17. The van der Waals surface area contributed by atoms with Gasteiger partial charge in [-0.15, -0.1) is 0 Å². The Hall–Kier alpha value is -1.06. The first-order chi connectivity index (χ1) is 9.06. The van der Waals surface area contributed by atoms with Crippen LogP contribution in [-0.2, 0) is 4.74 Å². The molecule has 0 aliphatic heterocycles. The van der Waals surface area contributed by atoms with E-state index in [9.17, 15) is 0 Å². The molecule has 3 nitrogen and oxygen atoms in total. The molecule has 0 heterocycles. The lowest BCUT2D eigenvalue weighted by Crippen LogP contribution is -2.24. The zero-order valence-corrected chi connectivity index (χ0v) is 12.8. The van der Waals surface area contributed by atoms with E-state index >= 15 is 0 Å². The van der Waals surface area contributed by atoms with Crippen molar-refractivity contribution < 1.29 is 9.47 Å². The topological polar surface area (TPSA) is 30.5 Å². The first-order valence-electron chi connectivity index (χ1n) is 6.99. The lowest BCUT2D eigenvalue weighted by Gasteiger charge is -2.21. The van der Waals surface area contributed by atoms with Crippen LogP contribution < -0.4 is 10.1 Å². The highest BCUT2D eigenvalue weighted by atomic mass is 16.5. The van der Waals surface area contributed by atoms with Gasteiger partial charge in [0.15, 0.2) is 0 Å². The van der Waals surface area contributed by atoms with Crippen LogP contribution in [0.3, 0.4) is 0 Å². The van der Waals surface area contributed by atoms with Crippen molar-refractivity contribution in [1.29, 1.82) is 0 Å². The van der Waals surface area contributed by atoms with Crippen molar-refractivity contribution in [2.75, 3.05) is 20.8 Å². The second-order valence-electron chi connectivity index (χ2n) is 5.39. The van der Waals surface area contributed by atoms with Gasteiger partial charge in [-0.1, -0.05) is 26.0 Å². The summed E-state index contributed by atoms with van der Waals surface area (Å²) >= 11 is 0. The molecule has 0 bridgehead atoms. The lowest BCUT2D eigenvalue weighted by molar-refractivity contribution is 0.0382. The Bertz CT molecular complexity index is 348. The van der Waals surface area contributed by atoms with Crippen LogP contribution in [0.15, 0.2) is 24.3 Å². The van der Waals surface area contributed by atoms with Gasteiger partial charge in [0.25, 0.3) is 0 Å². The molecule has 1 aromatic rings. The molecule has 3 heteroatoms. The number of hydrogen-bond acceptors (Lipinski definition) is 3. The second-order valence-corrected chi connectivity index (χ2v) is 5.39. The minimum atomic E-state index is 0.223. The maximum absolute atomic E-state index is 5.92. The largest absolute Gasteiger partial charge is 0.497 e. The molecule has 0 amide bonds. The van der Waals surface area contributed by atoms with Gasteiger partial charge in [0.2, 0.25) is 0 Å². The van der Waals surface area contributed by atoms with Crippen LogP contribution >= 0.6 is 0 Å². The molecule has 1 N–H and O–H groups in total. The molecule has 108 valence electrons. The van der Waals surface area contributed by atoms with E-state index < -0.39 is 0 Å². The zero-order chi connectivity index (χ0) is 14.3. The number of rotatable bonds is 8. The average Bonchev–Trinajstić information content (AvgIpc) is 2.39. The predicted octanol–water partition coefficient (Wildman–Crippen LogP) is 3.41. The molecule has 0 fully saturated rings. The van der Waals surface area contributed by atoms with Gasteiger partial charge in [0.1, 0.15) is 5.75 Å². The number of nitrogens with one attached hydrogen (secondary N) is 1. The van der Waals surface area contributed by atoms with E-state index in [-0.39, 0.29) is 6.04 Å². The highest BCUT2D eigenvalue weighted by Gasteiger charge is 2.12. The monoisotopic (exact) mass is 265 g/mol. The van der Waals surface area contributed by atoms with Gasteiger partial charge in [0.05, 0.1) is 25.9 Å². The Morgan fingerprint density at radius 3 is 2.21 bits per heavy atom. The van der Waals surface area contributed by atoms with E-state index in [1.165, 1.54) is 5.56 Å². The van der Waals surface area contributed by atoms with Gasteiger partial charge >= 0.3 is 0 Å². The van der Waals surface area contributed by atoms with E-state index in [1.807, 2.05) is 19.2 Å². The lowest BCUT2D eigenvalue weighted by atomic mass is 10.1. The molecule has 0 spiro atoms. The predicted molar refractivity (Wildman–Crippen MR) is 79.7 cm³/mol. The molecule has 1 rings (SSSR count). The van der Waals surface area contributed by atoms with Gasteiger partial charge < -0.3 is 14.8 Å². The molecule has 0 aliphatic rings. The van der Waals surface area contributed by atoms with Crippen molar-refractivity contribution in [3.8, 4) is 5.75 Å². The Labute approximate surface area is 117 Å². The summed E-state index contributed by atoms with van der Waals surface area (Å²) in [5, 5.41) is 3.30. The van der Waals surface area contributed by atoms with Gasteiger partial charge in [-0.2, -0.15) is 0 Å². The van der Waals surface area contributed by atoms with Crippen LogP contribution in [0.5, 0.6) is 5.75 Å². The van der Waals surface area contributed by atoms with Crippen molar-refractivity contribution in [1.82, 2.24) is 5.32 Å². The zero-order valence-electron chi connectivity index (χ0n) is 12.8. The number of benzene rings is 1. The number of ether oxygens (including phenoxy) is 2. The third kappa shape index (κ3) is 5.62. The second kappa shape index (κ2) is 8.18. The van der Waals surface area contributed by atoms with Crippen LogP contribution in [0.1, 0.15) is 38.8 Å². The third-order valence-electron chi connectivity index (χ3n) is 3.22. The summed E-state index contributed by atoms with van der Waals surface area (Å²) in [7, 11) is 3.65. The summed E-state index contributed by atoms with van der Waals surface area (Å²) in [4.78, 5) is 0. The fraction of sp³-hybridized carbons (Fsp3) is 0.625. The summed E-state index contributed by atoms with van der Waals surface area (Å²) in [5.41, 5.74) is 1.22. The highest BCUT2D eigenvalue weighted by Crippen LogP contribution is 2.19. The maximum atomic E-state index is 5.92. The molecule has 0 saturated carbocycles.